The normalized spacial score (nSPS) is 17.2. The van der Waals surface area contributed by atoms with Crippen molar-refractivity contribution in [1.29, 1.82) is 0 Å². The lowest BCUT2D eigenvalue weighted by molar-refractivity contribution is -0.136. The van der Waals surface area contributed by atoms with E-state index in [0.717, 1.165) is 22.2 Å². The molecule has 2 unspecified atom stereocenters. The van der Waals surface area contributed by atoms with Crippen molar-refractivity contribution in [2.75, 3.05) is 13.1 Å². The first kappa shape index (κ1) is 28.2. The molecule has 2 aromatic carbocycles. The van der Waals surface area contributed by atoms with Crippen molar-refractivity contribution in [2.24, 2.45) is 17.1 Å². The highest BCUT2D eigenvalue weighted by molar-refractivity contribution is 7.89. The van der Waals surface area contributed by atoms with Crippen molar-refractivity contribution >= 4 is 43.4 Å². The molecule has 2 amide bonds. The number of aliphatic hydroxyl groups is 1. The summed E-state index contributed by atoms with van der Waals surface area (Å²) in [5, 5.41) is 14.2. The zero-order valence-electron chi connectivity index (χ0n) is 21.5. The van der Waals surface area contributed by atoms with Crippen LogP contribution in [-0.4, -0.2) is 59.9 Å². The molecule has 4 N–H and O–H groups in total. The van der Waals surface area contributed by atoms with E-state index in [4.69, 9.17) is 5.73 Å². The average Bonchev–Trinajstić information content (AvgIpc) is 3.59. The molecule has 4 rings (SSSR count). The summed E-state index contributed by atoms with van der Waals surface area (Å²) in [5.74, 6) is -1.18. The van der Waals surface area contributed by atoms with Crippen molar-refractivity contribution < 1.29 is 23.1 Å². The van der Waals surface area contributed by atoms with Crippen molar-refractivity contribution in [3.63, 3.8) is 0 Å². The smallest absolute Gasteiger partial charge is 0.243 e. The highest BCUT2D eigenvalue weighted by Gasteiger charge is 2.56. The van der Waals surface area contributed by atoms with E-state index in [-0.39, 0.29) is 30.3 Å². The SMILES string of the molecule is CC[C@H](C)CN(CC(O)C(Cc1ccccc1)NC(=O)C1(C(N)=O)CC1)S(=O)(=O)c1ccc2ncsc2c1. The highest BCUT2D eigenvalue weighted by atomic mass is 32.2. The van der Waals surface area contributed by atoms with E-state index in [1.807, 2.05) is 44.2 Å². The Kier molecular flexibility index (Phi) is 8.51. The molecule has 1 aliphatic rings. The van der Waals surface area contributed by atoms with E-state index in [0.29, 0.717) is 12.8 Å². The Morgan fingerprint density at radius 3 is 2.53 bits per heavy atom. The lowest BCUT2D eigenvalue weighted by Crippen LogP contribution is -2.54. The van der Waals surface area contributed by atoms with Crippen LogP contribution in [0, 0.1) is 11.3 Å². The van der Waals surface area contributed by atoms with E-state index in [1.165, 1.54) is 21.7 Å². The molecule has 9 nitrogen and oxygen atoms in total. The number of rotatable bonds is 13. The Bertz CT molecular complexity index is 1390. The summed E-state index contributed by atoms with van der Waals surface area (Å²) >= 11 is 1.36. The summed E-state index contributed by atoms with van der Waals surface area (Å²) in [7, 11) is -3.97. The fraction of sp³-hybridized carbons (Fsp3) is 0.444. The standard InChI is InChI=1S/C27H34N4O5S2/c1-3-18(2)15-31(38(35,36)20-9-10-21-24(14-20)37-17-29-21)16-23(32)22(13-19-7-5-4-6-8-19)30-26(34)27(11-12-27)25(28)33/h4-10,14,17-18,22-23,32H,3,11-13,15-16H2,1-2H3,(H2,28,33)(H,30,34)/t18-,22?,23?/m0/s1. The monoisotopic (exact) mass is 558 g/mol. The van der Waals surface area contributed by atoms with E-state index in [9.17, 15) is 23.1 Å². The third-order valence-corrected chi connectivity index (χ3v) is 9.90. The predicted molar refractivity (Wildman–Crippen MR) is 147 cm³/mol. The van der Waals surface area contributed by atoms with Crippen molar-refractivity contribution in [1.82, 2.24) is 14.6 Å². The van der Waals surface area contributed by atoms with E-state index >= 15 is 0 Å². The third kappa shape index (κ3) is 6.06. The van der Waals surface area contributed by atoms with Crippen molar-refractivity contribution in [3.8, 4) is 0 Å². The molecular formula is C27H34N4O5S2. The Balaban J connectivity index is 1.62. The Hall–Kier alpha value is -2.86. The molecule has 1 saturated carbocycles. The van der Waals surface area contributed by atoms with Crippen LogP contribution in [0.4, 0.5) is 0 Å². The number of nitrogens with two attached hydrogens (primary N) is 1. The van der Waals surface area contributed by atoms with Crippen molar-refractivity contribution in [2.45, 2.75) is 56.6 Å². The van der Waals surface area contributed by atoms with Gasteiger partial charge in [0.25, 0.3) is 0 Å². The van der Waals surface area contributed by atoms with Gasteiger partial charge >= 0.3 is 0 Å². The summed E-state index contributed by atoms with van der Waals surface area (Å²) < 4.78 is 29.6. The number of hydrogen-bond donors (Lipinski definition) is 3. The second kappa shape index (κ2) is 11.5. The molecule has 3 aromatic rings. The molecule has 0 spiro atoms. The number of nitrogens with zero attached hydrogens (tertiary/aromatic N) is 2. The fourth-order valence-corrected chi connectivity index (χ4v) is 6.79. The zero-order chi connectivity index (χ0) is 27.5. The Morgan fingerprint density at radius 2 is 1.89 bits per heavy atom. The number of fused-ring (bicyclic) bond motifs is 1. The number of aliphatic hydroxyl groups excluding tert-OH is 1. The van der Waals surface area contributed by atoms with Crippen LogP contribution >= 0.6 is 11.3 Å². The molecule has 1 aliphatic carbocycles. The molecule has 1 aromatic heterocycles. The maximum atomic E-state index is 13.8. The maximum absolute atomic E-state index is 13.8. The Morgan fingerprint density at radius 1 is 1.18 bits per heavy atom. The van der Waals surface area contributed by atoms with Gasteiger partial charge in [0.1, 0.15) is 5.41 Å². The van der Waals surface area contributed by atoms with Crippen molar-refractivity contribution in [3.05, 3.63) is 59.6 Å². The van der Waals surface area contributed by atoms with E-state index in [1.54, 1.807) is 17.6 Å². The fourth-order valence-electron chi connectivity index (χ4n) is 4.40. The lowest BCUT2D eigenvalue weighted by Gasteiger charge is -2.31. The van der Waals surface area contributed by atoms with Crippen LogP contribution in [0.3, 0.4) is 0 Å². The summed E-state index contributed by atoms with van der Waals surface area (Å²) in [5.41, 5.74) is 7.46. The van der Waals surface area contributed by atoms with Gasteiger partial charge in [-0.05, 0) is 48.9 Å². The molecule has 0 aliphatic heterocycles. The molecule has 0 bridgehead atoms. The first-order valence-electron chi connectivity index (χ1n) is 12.7. The maximum Gasteiger partial charge on any atom is 0.243 e. The van der Waals surface area contributed by atoms with Crippen LogP contribution < -0.4 is 11.1 Å². The number of carbonyl (C=O) groups is 2. The summed E-state index contributed by atoms with van der Waals surface area (Å²) in [6, 6.07) is 13.3. The van der Waals surface area contributed by atoms with Gasteiger partial charge in [-0.3, -0.25) is 9.59 Å². The first-order valence-corrected chi connectivity index (χ1v) is 15.0. The van der Waals surface area contributed by atoms with Gasteiger partial charge in [0.05, 0.1) is 32.8 Å². The number of primary amides is 1. The zero-order valence-corrected chi connectivity index (χ0v) is 23.2. The van der Waals surface area contributed by atoms with Crippen LogP contribution in [0.1, 0.15) is 38.7 Å². The number of amides is 2. The van der Waals surface area contributed by atoms with Gasteiger partial charge in [0.2, 0.25) is 21.8 Å². The number of sulfonamides is 1. The van der Waals surface area contributed by atoms with Gasteiger partial charge in [-0.2, -0.15) is 4.31 Å². The Labute approximate surface area is 227 Å². The number of thiazole rings is 1. The van der Waals surface area contributed by atoms with E-state index in [2.05, 4.69) is 10.3 Å². The van der Waals surface area contributed by atoms with Crippen LogP contribution in [0.2, 0.25) is 0 Å². The third-order valence-electron chi connectivity index (χ3n) is 7.28. The summed E-state index contributed by atoms with van der Waals surface area (Å²) in [6.07, 6.45) is 0.482. The van der Waals surface area contributed by atoms with Gasteiger partial charge in [-0.15, -0.1) is 11.3 Å². The van der Waals surface area contributed by atoms with Gasteiger partial charge in [0.15, 0.2) is 0 Å². The molecule has 38 heavy (non-hydrogen) atoms. The van der Waals surface area contributed by atoms with Gasteiger partial charge < -0.3 is 16.2 Å². The highest BCUT2D eigenvalue weighted by Crippen LogP contribution is 2.45. The number of benzene rings is 2. The average molecular weight is 559 g/mol. The number of carbonyl (C=O) groups excluding carboxylic acids is 2. The van der Waals surface area contributed by atoms with Crippen LogP contribution in [0.15, 0.2) is 58.9 Å². The molecule has 11 heteroatoms. The minimum Gasteiger partial charge on any atom is -0.390 e. The van der Waals surface area contributed by atoms with Gasteiger partial charge in [-0.25, -0.2) is 13.4 Å². The second-order valence-electron chi connectivity index (χ2n) is 10.1. The van der Waals surface area contributed by atoms with Gasteiger partial charge in [-0.1, -0.05) is 50.6 Å². The first-order chi connectivity index (χ1) is 18.1. The predicted octanol–water partition coefficient (Wildman–Crippen LogP) is 2.69. The molecule has 204 valence electrons. The molecule has 1 heterocycles. The van der Waals surface area contributed by atoms with Crippen LogP contribution in [0.5, 0.6) is 0 Å². The number of nitrogens with one attached hydrogen (secondary N) is 1. The van der Waals surface area contributed by atoms with Crippen LogP contribution in [-0.2, 0) is 26.0 Å². The lowest BCUT2D eigenvalue weighted by atomic mass is 9.98. The topological polar surface area (TPSA) is 143 Å². The second-order valence-corrected chi connectivity index (χ2v) is 12.9. The van der Waals surface area contributed by atoms with Gasteiger partial charge in [0, 0.05) is 13.1 Å². The number of aromatic nitrogens is 1. The van der Waals surface area contributed by atoms with E-state index < -0.39 is 39.4 Å². The quantitative estimate of drug-likeness (QED) is 0.275. The summed E-state index contributed by atoms with van der Waals surface area (Å²) in [6.45, 7) is 3.91. The molecule has 3 atom stereocenters. The molecular weight excluding hydrogens is 524 g/mol. The minimum atomic E-state index is -3.97. The molecule has 0 saturated heterocycles. The minimum absolute atomic E-state index is 0.0378. The molecule has 1 fully saturated rings. The number of hydrogen-bond acceptors (Lipinski definition) is 7. The molecule has 0 radical (unpaired) electrons. The summed E-state index contributed by atoms with van der Waals surface area (Å²) in [4.78, 5) is 29.3. The van der Waals surface area contributed by atoms with Crippen LogP contribution in [0.25, 0.3) is 10.2 Å². The largest absolute Gasteiger partial charge is 0.390 e.